The number of carbonyl (C=O) groups excluding carboxylic acids is 2. The number of nitrogens with zero attached hydrogens (tertiary/aromatic N) is 1. The molecule has 0 saturated heterocycles. The number of carbonyl (C=O) groups is 2. The maximum absolute atomic E-state index is 12.2. The number of ether oxygens (including phenoxy) is 3. The zero-order valence-electron chi connectivity index (χ0n) is 17.1. The average Bonchev–Trinajstić information content (AvgIpc) is 2.73. The molecule has 6 nitrogen and oxygen atoms in total. The van der Waals surface area contributed by atoms with E-state index < -0.39 is 5.97 Å². The molecule has 0 aliphatic carbocycles. The van der Waals surface area contributed by atoms with Crippen molar-refractivity contribution in [1.29, 1.82) is 0 Å². The van der Waals surface area contributed by atoms with Crippen LogP contribution in [0.3, 0.4) is 0 Å². The van der Waals surface area contributed by atoms with Crippen LogP contribution in [-0.4, -0.2) is 43.6 Å². The Hall–Kier alpha value is -3.28. The van der Waals surface area contributed by atoms with Gasteiger partial charge >= 0.3 is 5.97 Å². The van der Waals surface area contributed by atoms with Crippen LogP contribution in [0.5, 0.6) is 11.5 Å². The van der Waals surface area contributed by atoms with Crippen molar-refractivity contribution in [2.24, 2.45) is 0 Å². The molecule has 0 aromatic heterocycles. The van der Waals surface area contributed by atoms with Crippen molar-refractivity contribution in [2.45, 2.75) is 20.4 Å². The molecule has 6 heteroatoms. The van der Waals surface area contributed by atoms with E-state index in [-0.39, 0.29) is 12.5 Å². The van der Waals surface area contributed by atoms with Crippen molar-refractivity contribution < 1.29 is 23.8 Å². The number of benzene rings is 2. The summed E-state index contributed by atoms with van der Waals surface area (Å²) < 4.78 is 15.8. The Labute approximate surface area is 171 Å². The van der Waals surface area contributed by atoms with Gasteiger partial charge in [0, 0.05) is 19.7 Å². The van der Waals surface area contributed by atoms with Crippen LogP contribution in [0.15, 0.2) is 54.6 Å². The molecule has 0 fully saturated rings. The summed E-state index contributed by atoms with van der Waals surface area (Å²) >= 11 is 0. The fourth-order valence-corrected chi connectivity index (χ4v) is 2.52. The van der Waals surface area contributed by atoms with Crippen LogP contribution in [0.2, 0.25) is 0 Å². The third kappa shape index (κ3) is 7.70. The summed E-state index contributed by atoms with van der Waals surface area (Å²) in [5.41, 5.74) is 1.80. The quantitative estimate of drug-likeness (QED) is 0.452. The lowest BCUT2D eigenvalue weighted by molar-refractivity contribution is -0.147. The van der Waals surface area contributed by atoms with E-state index in [0.29, 0.717) is 19.8 Å². The topological polar surface area (TPSA) is 65.1 Å². The monoisotopic (exact) mass is 397 g/mol. The Morgan fingerprint density at radius 2 is 1.45 bits per heavy atom. The van der Waals surface area contributed by atoms with Crippen LogP contribution in [0.1, 0.15) is 25.0 Å². The highest BCUT2D eigenvalue weighted by Gasteiger charge is 2.11. The summed E-state index contributed by atoms with van der Waals surface area (Å²) in [6, 6.07) is 14.9. The van der Waals surface area contributed by atoms with Gasteiger partial charge in [-0.25, -0.2) is 4.79 Å². The van der Waals surface area contributed by atoms with Gasteiger partial charge in [0.05, 0.1) is 13.2 Å². The first-order valence-electron chi connectivity index (χ1n) is 9.55. The first-order valence-corrected chi connectivity index (χ1v) is 9.55. The molecule has 2 aromatic carbocycles. The molecule has 0 aliphatic rings. The standard InChI is InChI=1S/C23H27NO5/c1-4-27-20-11-6-18(7-12-20)10-15-23(26)29-17-22(25)24(3)16-19-8-13-21(14-9-19)28-5-2/h6-15H,4-5,16-17H2,1-3H3/b15-10+. The maximum atomic E-state index is 12.2. The van der Waals surface area contributed by atoms with Crippen molar-refractivity contribution >= 4 is 18.0 Å². The zero-order valence-corrected chi connectivity index (χ0v) is 17.1. The molecule has 2 aromatic rings. The van der Waals surface area contributed by atoms with Crippen molar-refractivity contribution in [3.05, 3.63) is 65.7 Å². The van der Waals surface area contributed by atoms with Crippen LogP contribution >= 0.6 is 0 Å². The summed E-state index contributed by atoms with van der Waals surface area (Å²) in [5.74, 6) is 0.718. The molecule has 0 N–H and O–H groups in total. The first-order chi connectivity index (χ1) is 14.0. The largest absolute Gasteiger partial charge is 0.494 e. The molecule has 0 atom stereocenters. The van der Waals surface area contributed by atoms with E-state index in [1.165, 1.54) is 11.0 Å². The van der Waals surface area contributed by atoms with Gasteiger partial charge in [0.25, 0.3) is 5.91 Å². The molecular weight excluding hydrogens is 370 g/mol. The van der Waals surface area contributed by atoms with Crippen LogP contribution in [0.25, 0.3) is 6.08 Å². The summed E-state index contributed by atoms with van der Waals surface area (Å²) in [6.07, 6.45) is 2.93. The first kappa shape index (κ1) is 22.0. The Kier molecular flexibility index (Phi) is 8.76. The van der Waals surface area contributed by atoms with E-state index in [4.69, 9.17) is 14.2 Å². The highest BCUT2D eigenvalue weighted by atomic mass is 16.5. The smallest absolute Gasteiger partial charge is 0.331 e. The minimum absolute atomic E-state index is 0.276. The number of esters is 1. The van der Waals surface area contributed by atoms with E-state index in [1.807, 2.05) is 62.4 Å². The molecule has 0 heterocycles. The minimum atomic E-state index is -0.568. The summed E-state index contributed by atoms with van der Waals surface area (Å²) in [5, 5.41) is 0. The number of hydrogen-bond donors (Lipinski definition) is 0. The lowest BCUT2D eigenvalue weighted by Gasteiger charge is -2.17. The molecule has 2 rings (SSSR count). The van der Waals surface area contributed by atoms with E-state index in [1.54, 1.807) is 13.1 Å². The van der Waals surface area contributed by atoms with Gasteiger partial charge in [-0.2, -0.15) is 0 Å². The maximum Gasteiger partial charge on any atom is 0.331 e. The molecular formula is C23H27NO5. The number of likely N-dealkylation sites (N-methyl/N-ethyl adjacent to an activating group) is 1. The van der Waals surface area contributed by atoms with Gasteiger partial charge in [0.2, 0.25) is 0 Å². The second-order valence-corrected chi connectivity index (χ2v) is 6.27. The fraction of sp³-hybridized carbons (Fsp3) is 0.304. The third-order valence-electron chi connectivity index (χ3n) is 4.02. The van der Waals surface area contributed by atoms with Crippen molar-refractivity contribution in [3.8, 4) is 11.5 Å². The predicted molar refractivity (Wildman–Crippen MR) is 112 cm³/mol. The number of amides is 1. The van der Waals surface area contributed by atoms with Gasteiger partial charge in [0.1, 0.15) is 11.5 Å². The second kappa shape index (κ2) is 11.5. The molecule has 0 unspecified atom stereocenters. The predicted octanol–water partition coefficient (Wildman–Crippen LogP) is 3.70. The van der Waals surface area contributed by atoms with Crippen LogP contribution in [0.4, 0.5) is 0 Å². The Bertz CT molecular complexity index is 812. The molecule has 0 radical (unpaired) electrons. The second-order valence-electron chi connectivity index (χ2n) is 6.27. The van der Waals surface area contributed by atoms with Crippen molar-refractivity contribution in [1.82, 2.24) is 4.90 Å². The normalized spacial score (nSPS) is 10.6. The number of rotatable bonds is 10. The molecule has 1 amide bonds. The van der Waals surface area contributed by atoms with Crippen LogP contribution < -0.4 is 9.47 Å². The molecule has 0 aliphatic heterocycles. The fourth-order valence-electron chi connectivity index (χ4n) is 2.52. The SMILES string of the molecule is CCOc1ccc(/C=C/C(=O)OCC(=O)N(C)Cc2ccc(OCC)cc2)cc1. The highest BCUT2D eigenvalue weighted by molar-refractivity contribution is 5.89. The summed E-state index contributed by atoms with van der Waals surface area (Å²) in [7, 11) is 1.67. The average molecular weight is 397 g/mol. The van der Waals surface area contributed by atoms with E-state index in [0.717, 1.165) is 22.6 Å². The highest BCUT2D eigenvalue weighted by Crippen LogP contribution is 2.14. The van der Waals surface area contributed by atoms with Gasteiger partial charge in [-0.3, -0.25) is 4.79 Å². The summed E-state index contributed by atoms with van der Waals surface area (Å²) in [4.78, 5) is 25.5. The van der Waals surface area contributed by atoms with E-state index in [9.17, 15) is 9.59 Å². The summed E-state index contributed by atoms with van der Waals surface area (Å²) in [6.45, 7) is 5.17. The Morgan fingerprint density at radius 3 is 2.00 bits per heavy atom. The minimum Gasteiger partial charge on any atom is -0.494 e. The van der Waals surface area contributed by atoms with Gasteiger partial charge in [0.15, 0.2) is 6.61 Å². The van der Waals surface area contributed by atoms with Crippen molar-refractivity contribution in [3.63, 3.8) is 0 Å². The van der Waals surface area contributed by atoms with Crippen LogP contribution in [0, 0.1) is 0 Å². The van der Waals surface area contributed by atoms with E-state index >= 15 is 0 Å². The lowest BCUT2D eigenvalue weighted by Crippen LogP contribution is -2.30. The molecule has 0 saturated carbocycles. The van der Waals surface area contributed by atoms with Crippen molar-refractivity contribution in [2.75, 3.05) is 26.9 Å². The van der Waals surface area contributed by atoms with Gasteiger partial charge in [-0.15, -0.1) is 0 Å². The van der Waals surface area contributed by atoms with Gasteiger partial charge in [-0.1, -0.05) is 24.3 Å². The molecule has 0 spiro atoms. The third-order valence-corrected chi connectivity index (χ3v) is 4.02. The van der Waals surface area contributed by atoms with Crippen LogP contribution in [-0.2, 0) is 20.9 Å². The molecule has 154 valence electrons. The Morgan fingerprint density at radius 1 is 0.897 bits per heavy atom. The number of hydrogen-bond acceptors (Lipinski definition) is 5. The van der Waals surface area contributed by atoms with Gasteiger partial charge < -0.3 is 19.1 Å². The zero-order chi connectivity index (χ0) is 21.1. The molecule has 0 bridgehead atoms. The molecule has 29 heavy (non-hydrogen) atoms. The lowest BCUT2D eigenvalue weighted by atomic mass is 10.2. The van der Waals surface area contributed by atoms with Gasteiger partial charge in [-0.05, 0) is 55.3 Å². The van der Waals surface area contributed by atoms with E-state index in [2.05, 4.69) is 0 Å². The Balaban J connectivity index is 1.77.